The van der Waals surface area contributed by atoms with Crippen molar-refractivity contribution in [2.75, 3.05) is 0 Å². The molecule has 1 rings (SSSR count). The third kappa shape index (κ3) is 3.70. The molecule has 0 spiro atoms. The van der Waals surface area contributed by atoms with Crippen LogP contribution in [0.25, 0.3) is 0 Å². The van der Waals surface area contributed by atoms with Crippen molar-refractivity contribution in [2.24, 2.45) is 0 Å². The van der Waals surface area contributed by atoms with E-state index in [-0.39, 0.29) is 0 Å². The fraction of sp³-hybridized carbons (Fsp3) is 0.600. The van der Waals surface area contributed by atoms with Crippen LogP contribution >= 0.6 is 0 Å². The minimum Gasteiger partial charge on any atom is -0.0654 e. The Morgan fingerprint density at radius 3 is 1.93 bits per heavy atom. The van der Waals surface area contributed by atoms with Crippen LogP contribution in [0.2, 0.25) is 0 Å². The number of unbranched alkanes of at least 4 members (excludes halogenated alkanes) is 1. The standard InChI is InChI=1S/C15H24/c1-5-6-7-13(4)15-10-8-14(9-11-15)12(2)3/h8-13H,5-7H2,1-4H3. The van der Waals surface area contributed by atoms with Gasteiger partial charge in [-0.15, -0.1) is 0 Å². The van der Waals surface area contributed by atoms with Crippen LogP contribution in [0.15, 0.2) is 24.3 Å². The van der Waals surface area contributed by atoms with Crippen LogP contribution in [0.3, 0.4) is 0 Å². The molecule has 0 nitrogen and oxygen atoms in total. The van der Waals surface area contributed by atoms with Gasteiger partial charge >= 0.3 is 0 Å². The van der Waals surface area contributed by atoms with Gasteiger partial charge in [0.05, 0.1) is 0 Å². The number of hydrogen-bond acceptors (Lipinski definition) is 0. The Bertz CT molecular complexity index is 269. The molecule has 1 unspecified atom stereocenters. The molecule has 0 heteroatoms. The van der Waals surface area contributed by atoms with Crippen LogP contribution in [-0.2, 0) is 0 Å². The Labute approximate surface area is 94.7 Å². The first kappa shape index (κ1) is 12.3. The van der Waals surface area contributed by atoms with Gasteiger partial charge in [0.15, 0.2) is 0 Å². The largest absolute Gasteiger partial charge is 0.0654 e. The van der Waals surface area contributed by atoms with Gasteiger partial charge in [-0.2, -0.15) is 0 Å². The molecule has 0 saturated carbocycles. The maximum absolute atomic E-state index is 2.33. The second-order valence-corrected chi connectivity index (χ2v) is 4.86. The predicted molar refractivity (Wildman–Crippen MR) is 68.5 cm³/mol. The van der Waals surface area contributed by atoms with Crippen LogP contribution in [0.1, 0.15) is 69.9 Å². The molecule has 0 amide bonds. The molecule has 84 valence electrons. The second-order valence-electron chi connectivity index (χ2n) is 4.86. The van der Waals surface area contributed by atoms with E-state index in [1.807, 2.05) is 0 Å². The SMILES string of the molecule is CCCCC(C)c1ccc(C(C)C)cc1. The third-order valence-corrected chi connectivity index (χ3v) is 3.16. The van der Waals surface area contributed by atoms with Crippen LogP contribution in [0.5, 0.6) is 0 Å². The first-order valence-electron chi connectivity index (χ1n) is 6.25. The van der Waals surface area contributed by atoms with Gasteiger partial charge < -0.3 is 0 Å². The monoisotopic (exact) mass is 204 g/mol. The lowest BCUT2D eigenvalue weighted by atomic mass is 9.93. The summed E-state index contributed by atoms with van der Waals surface area (Å²) < 4.78 is 0. The molecule has 1 aromatic carbocycles. The average molecular weight is 204 g/mol. The zero-order valence-electron chi connectivity index (χ0n) is 10.6. The first-order valence-corrected chi connectivity index (χ1v) is 6.25. The van der Waals surface area contributed by atoms with Crippen molar-refractivity contribution in [3.8, 4) is 0 Å². The van der Waals surface area contributed by atoms with E-state index in [1.54, 1.807) is 0 Å². The Balaban J connectivity index is 2.62. The molecule has 1 aromatic rings. The van der Waals surface area contributed by atoms with E-state index in [4.69, 9.17) is 0 Å². The van der Waals surface area contributed by atoms with Crippen LogP contribution in [0.4, 0.5) is 0 Å². The molecule has 1 atom stereocenters. The maximum Gasteiger partial charge on any atom is -0.0190 e. The van der Waals surface area contributed by atoms with E-state index in [2.05, 4.69) is 52.0 Å². The summed E-state index contributed by atoms with van der Waals surface area (Å²) in [5.41, 5.74) is 2.94. The molecular weight excluding hydrogens is 180 g/mol. The molecule has 0 aliphatic heterocycles. The molecule has 0 aliphatic carbocycles. The Morgan fingerprint density at radius 2 is 1.47 bits per heavy atom. The van der Waals surface area contributed by atoms with Crippen molar-refractivity contribution in [2.45, 2.75) is 58.8 Å². The normalized spacial score (nSPS) is 13.1. The van der Waals surface area contributed by atoms with E-state index in [0.717, 1.165) is 0 Å². The predicted octanol–water partition coefficient (Wildman–Crippen LogP) is 5.10. The summed E-state index contributed by atoms with van der Waals surface area (Å²) in [4.78, 5) is 0. The van der Waals surface area contributed by atoms with Gasteiger partial charge in [0.25, 0.3) is 0 Å². The zero-order chi connectivity index (χ0) is 11.3. The number of hydrogen-bond donors (Lipinski definition) is 0. The van der Waals surface area contributed by atoms with Crippen molar-refractivity contribution < 1.29 is 0 Å². The topological polar surface area (TPSA) is 0 Å². The Morgan fingerprint density at radius 1 is 0.933 bits per heavy atom. The Hall–Kier alpha value is -0.780. The van der Waals surface area contributed by atoms with Gasteiger partial charge in [-0.05, 0) is 29.4 Å². The van der Waals surface area contributed by atoms with Crippen molar-refractivity contribution >= 4 is 0 Å². The average Bonchev–Trinajstić information content (AvgIpc) is 2.26. The van der Waals surface area contributed by atoms with Crippen molar-refractivity contribution in [3.63, 3.8) is 0 Å². The van der Waals surface area contributed by atoms with Gasteiger partial charge in [0, 0.05) is 0 Å². The minimum absolute atomic E-state index is 0.644. The van der Waals surface area contributed by atoms with E-state index in [9.17, 15) is 0 Å². The van der Waals surface area contributed by atoms with Gasteiger partial charge in [-0.25, -0.2) is 0 Å². The zero-order valence-corrected chi connectivity index (χ0v) is 10.6. The molecule has 15 heavy (non-hydrogen) atoms. The molecule has 0 saturated heterocycles. The summed E-state index contributed by atoms with van der Waals surface area (Å²) >= 11 is 0. The molecule has 0 bridgehead atoms. The lowest BCUT2D eigenvalue weighted by molar-refractivity contribution is 0.624. The fourth-order valence-electron chi connectivity index (χ4n) is 1.89. The molecule has 0 N–H and O–H groups in total. The summed E-state index contributed by atoms with van der Waals surface area (Å²) in [6.45, 7) is 9.08. The van der Waals surface area contributed by atoms with Gasteiger partial charge in [-0.1, -0.05) is 64.8 Å². The lowest BCUT2D eigenvalue weighted by Crippen LogP contribution is -1.94. The van der Waals surface area contributed by atoms with Crippen LogP contribution in [-0.4, -0.2) is 0 Å². The molecule has 0 fully saturated rings. The Kier molecular flexibility index (Phi) is 4.87. The molecule has 0 aromatic heterocycles. The molecule has 0 aliphatic rings. The highest BCUT2D eigenvalue weighted by Gasteiger charge is 2.05. The van der Waals surface area contributed by atoms with E-state index < -0.39 is 0 Å². The quantitative estimate of drug-likeness (QED) is 0.625. The summed E-state index contributed by atoms with van der Waals surface area (Å²) in [5.74, 6) is 1.36. The third-order valence-electron chi connectivity index (χ3n) is 3.16. The van der Waals surface area contributed by atoms with Crippen LogP contribution in [0, 0.1) is 0 Å². The fourth-order valence-corrected chi connectivity index (χ4v) is 1.89. The first-order chi connectivity index (χ1) is 7.15. The second kappa shape index (κ2) is 5.95. The van der Waals surface area contributed by atoms with E-state index in [0.29, 0.717) is 11.8 Å². The summed E-state index contributed by atoms with van der Waals surface area (Å²) in [6.07, 6.45) is 3.96. The van der Waals surface area contributed by atoms with Crippen molar-refractivity contribution in [1.82, 2.24) is 0 Å². The molecule has 0 radical (unpaired) electrons. The van der Waals surface area contributed by atoms with Crippen LogP contribution < -0.4 is 0 Å². The van der Waals surface area contributed by atoms with Crippen molar-refractivity contribution in [3.05, 3.63) is 35.4 Å². The molecule has 0 heterocycles. The summed E-state index contributed by atoms with van der Waals surface area (Å²) in [7, 11) is 0. The number of benzene rings is 1. The van der Waals surface area contributed by atoms with E-state index >= 15 is 0 Å². The summed E-state index contributed by atoms with van der Waals surface area (Å²) in [6, 6.07) is 9.16. The van der Waals surface area contributed by atoms with Crippen molar-refractivity contribution in [1.29, 1.82) is 0 Å². The van der Waals surface area contributed by atoms with E-state index in [1.165, 1.54) is 30.4 Å². The summed E-state index contributed by atoms with van der Waals surface area (Å²) in [5, 5.41) is 0. The highest BCUT2D eigenvalue weighted by Crippen LogP contribution is 2.23. The highest BCUT2D eigenvalue weighted by molar-refractivity contribution is 5.26. The van der Waals surface area contributed by atoms with Gasteiger partial charge in [0.2, 0.25) is 0 Å². The molecular formula is C15H24. The smallest absolute Gasteiger partial charge is 0.0190 e. The van der Waals surface area contributed by atoms with Gasteiger partial charge in [0.1, 0.15) is 0 Å². The number of rotatable bonds is 5. The maximum atomic E-state index is 2.33. The lowest BCUT2D eigenvalue weighted by Gasteiger charge is -2.12. The highest BCUT2D eigenvalue weighted by atomic mass is 14.1. The minimum atomic E-state index is 0.644. The van der Waals surface area contributed by atoms with Gasteiger partial charge in [-0.3, -0.25) is 0 Å².